The fourth-order valence-corrected chi connectivity index (χ4v) is 3.36. The summed E-state index contributed by atoms with van der Waals surface area (Å²) in [5.74, 6) is -0.756. The molecule has 0 atom stereocenters. The van der Waals surface area contributed by atoms with Crippen molar-refractivity contribution in [1.29, 1.82) is 0 Å². The van der Waals surface area contributed by atoms with Gasteiger partial charge in [-0.15, -0.1) is 0 Å². The Bertz CT molecular complexity index is 1000. The molecule has 1 aliphatic rings. The van der Waals surface area contributed by atoms with Gasteiger partial charge < -0.3 is 10.1 Å². The molecule has 0 bridgehead atoms. The number of hydrogen-bond donors (Lipinski definition) is 1. The molecule has 0 unspecified atom stereocenters. The Hall–Kier alpha value is -2.21. The number of methoxy groups -OCH3 is 1. The average molecular weight is 426 g/mol. The molecule has 2 aromatic carbocycles. The zero-order chi connectivity index (χ0) is 19.9. The first-order valence-corrected chi connectivity index (χ1v) is 9.04. The maximum absolute atomic E-state index is 12.9. The number of nitrogens with one attached hydrogen (secondary N) is 1. The van der Waals surface area contributed by atoms with Crippen molar-refractivity contribution < 1.29 is 14.3 Å². The second-order valence-electron chi connectivity index (χ2n) is 5.99. The smallest absolute Gasteiger partial charge is 0.283 e. The summed E-state index contributed by atoms with van der Waals surface area (Å²) >= 11 is 18.2. The molecular formula is C19H15Cl3N2O3. The topological polar surface area (TPSA) is 58.6 Å². The lowest BCUT2D eigenvalue weighted by Crippen LogP contribution is -2.32. The van der Waals surface area contributed by atoms with E-state index in [1.54, 1.807) is 37.3 Å². The van der Waals surface area contributed by atoms with E-state index in [4.69, 9.17) is 39.5 Å². The van der Waals surface area contributed by atoms with Crippen LogP contribution in [0.25, 0.3) is 0 Å². The Morgan fingerprint density at radius 2 is 1.67 bits per heavy atom. The van der Waals surface area contributed by atoms with Gasteiger partial charge in [0.05, 0.1) is 18.5 Å². The summed E-state index contributed by atoms with van der Waals surface area (Å²) in [5, 5.41) is 3.74. The lowest BCUT2D eigenvalue weighted by Gasteiger charge is -2.18. The Kier molecular flexibility index (Phi) is 5.38. The number of anilines is 2. The van der Waals surface area contributed by atoms with Crippen LogP contribution in [0.2, 0.25) is 10.0 Å². The molecule has 5 nitrogen and oxygen atoms in total. The lowest BCUT2D eigenvalue weighted by molar-refractivity contribution is -0.120. The molecule has 0 aromatic heterocycles. The molecule has 1 heterocycles. The Balaban J connectivity index is 1.99. The third kappa shape index (κ3) is 3.50. The average Bonchev–Trinajstić information content (AvgIpc) is 2.82. The number of halogens is 3. The maximum Gasteiger partial charge on any atom is 0.283 e. The number of carbonyl (C=O) groups excluding carboxylic acids is 2. The summed E-state index contributed by atoms with van der Waals surface area (Å²) in [4.78, 5) is 26.6. The van der Waals surface area contributed by atoms with Crippen molar-refractivity contribution >= 4 is 58.0 Å². The second kappa shape index (κ2) is 7.43. The fourth-order valence-electron chi connectivity index (χ4n) is 2.76. The molecule has 0 radical (unpaired) electrons. The van der Waals surface area contributed by atoms with Gasteiger partial charge in [0.25, 0.3) is 11.8 Å². The largest absolute Gasteiger partial charge is 0.495 e. The minimum atomic E-state index is -0.612. The third-order valence-corrected chi connectivity index (χ3v) is 5.16. The highest BCUT2D eigenvalue weighted by Crippen LogP contribution is 2.36. The minimum Gasteiger partial charge on any atom is -0.495 e. The number of carbonyl (C=O) groups is 2. The van der Waals surface area contributed by atoms with Crippen molar-refractivity contribution in [3.63, 3.8) is 0 Å². The van der Waals surface area contributed by atoms with Gasteiger partial charge in [0.15, 0.2) is 0 Å². The van der Waals surface area contributed by atoms with Gasteiger partial charge in [0.1, 0.15) is 16.5 Å². The molecule has 0 aliphatic carbocycles. The first-order valence-electron chi connectivity index (χ1n) is 7.90. The van der Waals surface area contributed by atoms with Crippen LogP contribution in [0.1, 0.15) is 11.1 Å². The van der Waals surface area contributed by atoms with Crippen LogP contribution < -0.4 is 15.0 Å². The van der Waals surface area contributed by atoms with E-state index in [0.29, 0.717) is 32.7 Å². The standard InChI is InChI=1S/C19H15Cl3N2O3/c1-9-7-13(15(27-3)8-12(9)21)23-17-16(22)18(25)24(19(17)26)14-5-4-11(20)6-10(14)2/h4-8,23H,1-3H3. The van der Waals surface area contributed by atoms with Crippen molar-refractivity contribution in [3.8, 4) is 5.75 Å². The number of hydrogen-bond acceptors (Lipinski definition) is 4. The molecule has 27 heavy (non-hydrogen) atoms. The summed E-state index contributed by atoms with van der Waals surface area (Å²) in [6.07, 6.45) is 0. The van der Waals surface area contributed by atoms with Crippen LogP contribution in [0.3, 0.4) is 0 Å². The zero-order valence-electron chi connectivity index (χ0n) is 14.7. The first-order chi connectivity index (χ1) is 12.7. The highest BCUT2D eigenvalue weighted by Gasteiger charge is 2.39. The van der Waals surface area contributed by atoms with Crippen LogP contribution in [0.5, 0.6) is 5.75 Å². The Labute approximate surface area is 171 Å². The molecule has 0 saturated carbocycles. The molecule has 0 fully saturated rings. The van der Waals surface area contributed by atoms with E-state index in [2.05, 4.69) is 5.32 Å². The van der Waals surface area contributed by atoms with E-state index in [1.165, 1.54) is 7.11 Å². The van der Waals surface area contributed by atoms with Crippen molar-refractivity contribution in [3.05, 3.63) is 62.2 Å². The lowest BCUT2D eigenvalue weighted by atomic mass is 10.2. The quantitative estimate of drug-likeness (QED) is 0.696. The molecule has 140 valence electrons. The number of aryl methyl sites for hydroxylation is 2. The van der Waals surface area contributed by atoms with Crippen molar-refractivity contribution in [2.75, 3.05) is 17.3 Å². The fraction of sp³-hybridized carbons (Fsp3) is 0.158. The van der Waals surface area contributed by atoms with Crippen LogP contribution in [-0.2, 0) is 9.59 Å². The highest BCUT2D eigenvalue weighted by molar-refractivity contribution is 6.53. The number of nitrogens with zero attached hydrogens (tertiary/aromatic N) is 1. The van der Waals surface area contributed by atoms with Gasteiger partial charge in [0, 0.05) is 16.1 Å². The second-order valence-corrected chi connectivity index (χ2v) is 7.21. The Morgan fingerprint density at radius 3 is 2.30 bits per heavy atom. The zero-order valence-corrected chi connectivity index (χ0v) is 17.0. The van der Waals surface area contributed by atoms with Gasteiger partial charge in [-0.3, -0.25) is 9.59 Å². The summed E-state index contributed by atoms with van der Waals surface area (Å²) in [7, 11) is 1.48. The van der Waals surface area contributed by atoms with E-state index in [9.17, 15) is 9.59 Å². The highest BCUT2D eigenvalue weighted by atomic mass is 35.5. The first kappa shape index (κ1) is 19.5. The SMILES string of the molecule is COc1cc(Cl)c(C)cc1NC1=C(Cl)C(=O)N(c2ccc(Cl)cc2C)C1=O. The molecule has 1 aliphatic heterocycles. The number of rotatable bonds is 4. The van der Waals surface area contributed by atoms with Crippen LogP contribution >= 0.6 is 34.8 Å². The normalized spacial score (nSPS) is 14.2. The van der Waals surface area contributed by atoms with Crippen LogP contribution in [0, 0.1) is 13.8 Å². The monoisotopic (exact) mass is 424 g/mol. The summed E-state index contributed by atoms with van der Waals surface area (Å²) in [6, 6.07) is 8.22. The van der Waals surface area contributed by atoms with E-state index in [-0.39, 0.29) is 10.7 Å². The van der Waals surface area contributed by atoms with E-state index in [0.717, 1.165) is 10.5 Å². The molecule has 2 amide bonds. The van der Waals surface area contributed by atoms with Gasteiger partial charge in [0.2, 0.25) is 0 Å². The van der Waals surface area contributed by atoms with Gasteiger partial charge >= 0.3 is 0 Å². The predicted octanol–water partition coefficient (Wildman–Crippen LogP) is 5.05. The maximum atomic E-state index is 12.9. The van der Waals surface area contributed by atoms with Gasteiger partial charge in [-0.05, 0) is 49.2 Å². The molecule has 2 aromatic rings. The minimum absolute atomic E-state index is 0.0314. The van der Waals surface area contributed by atoms with E-state index in [1.807, 2.05) is 6.92 Å². The molecule has 3 rings (SSSR count). The number of benzene rings is 2. The van der Waals surface area contributed by atoms with Gasteiger partial charge in [-0.1, -0.05) is 34.8 Å². The molecule has 0 spiro atoms. The summed E-state index contributed by atoms with van der Waals surface area (Å²) in [5.41, 5.74) is 2.32. The Morgan fingerprint density at radius 1 is 0.963 bits per heavy atom. The van der Waals surface area contributed by atoms with Gasteiger partial charge in [-0.2, -0.15) is 0 Å². The van der Waals surface area contributed by atoms with Gasteiger partial charge in [-0.25, -0.2) is 4.90 Å². The van der Waals surface area contributed by atoms with Crippen LogP contribution in [0.15, 0.2) is 41.1 Å². The molecule has 0 saturated heterocycles. The predicted molar refractivity (Wildman–Crippen MR) is 108 cm³/mol. The third-order valence-electron chi connectivity index (χ3n) is 4.17. The summed E-state index contributed by atoms with van der Waals surface area (Å²) in [6.45, 7) is 3.57. The number of imide groups is 1. The molecule has 8 heteroatoms. The van der Waals surface area contributed by atoms with Crippen molar-refractivity contribution in [2.24, 2.45) is 0 Å². The van der Waals surface area contributed by atoms with Crippen molar-refractivity contribution in [1.82, 2.24) is 0 Å². The van der Waals surface area contributed by atoms with Crippen molar-refractivity contribution in [2.45, 2.75) is 13.8 Å². The molecular weight excluding hydrogens is 411 g/mol. The number of ether oxygens (including phenoxy) is 1. The molecule has 1 N–H and O–H groups in total. The van der Waals surface area contributed by atoms with E-state index < -0.39 is 11.8 Å². The summed E-state index contributed by atoms with van der Waals surface area (Å²) < 4.78 is 5.30. The van der Waals surface area contributed by atoms with Crippen LogP contribution in [-0.4, -0.2) is 18.9 Å². The van der Waals surface area contributed by atoms with Crippen LogP contribution in [0.4, 0.5) is 11.4 Å². The number of amides is 2. The van der Waals surface area contributed by atoms with E-state index >= 15 is 0 Å².